The van der Waals surface area contributed by atoms with Crippen LogP contribution in [0.2, 0.25) is 0 Å². The normalized spacial score (nSPS) is 10.6. The molecule has 0 amide bonds. The van der Waals surface area contributed by atoms with Crippen LogP contribution < -0.4 is 0 Å². The van der Waals surface area contributed by atoms with Gasteiger partial charge in [-0.3, -0.25) is 0 Å². The summed E-state index contributed by atoms with van der Waals surface area (Å²) in [5.41, 5.74) is 4.30. The summed E-state index contributed by atoms with van der Waals surface area (Å²) in [6.45, 7) is 4.26. The van der Waals surface area contributed by atoms with E-state index in [2.05, 4.69) is 26.0 Å². The Hall–Kier alpha value is -1.76. The Balaban J connectivity index is 2.45. The lowest BCUT2D eigenvalue weighted by atomic mass is 9.96. The van der Waals surface area contributed by atoms with Gasteiger partial charge in [-0.15, -0.1) is 0 Å². The van der Waals surface area contributed by atoms with E-state index in [1.165, 1.54) is 5.56 Å². The van der Waals surface area contributed by atoms with Crippen molar-refractivity contribution in [2.75, 3.05) is 0 Å². The van der Waals surface area contributed by atoms with Crippen LogP contribution in [0.1, 0.15) is 30.9 Å². The van der Waals surface area contributed by atoms with Gasteiger partial charge in [0.2, 0.25) is 0 Å². The summed E-state index contributed by atoms with van der Waals surface area (Å²) in [6.07, 6.45) is 3.21. The van der Waals surface area contributed by atoms with Gasteiger partial charge in [0, 0.05) is 5.56 Å². The van der Waals surface area contributed by atoms with E-state index in [1.807, 2.05) is 30.3 Å². The molecule has 0 aliphatic carbocycles. The maximum Gasteiger partial charge on any atom is 0.126 e. The van der Waals surface area contributed by atoms with Gasteiger partial charge in [0.25, 0.3) is 0 Å². The number of hydrogen-bond donors (Lipinski definition) is 1. The molecule has 0 fully saturated rings. The molecule has 2 aromatic rings. The molecule has 0 saturated heterocycles. The van der Waals surface area contributed by atoms with Gasteiger partial charge in [-0.2, -0.15) is 0 Å². The summed E-state index contributed by atoms with van der Waals surface area (Å²) in [5, 5.41) is 10.4. The minimum absolute atomic E-state index is 0.445. The highest BCUT2D eigenvalue weighted by Gasteiger charge is 2.09. The number of phenolic OH excluding ortho intramolecular Hbond substituents is 1. The lowest BCUT2D eigenvalue weighted by molar-refractivity contribution is 0.469. The summed E-state index contributed by atoms with van der Waals surface area (Å²) >= 11 is 0. The number of aromatic hydroxyl groups is 1. The minimum atomic E-state index is 0.445. The number of benzene rings is 2. The Morgan fingerprint density at radius 2 is 1.78 bits per heavy atom. The van der Waals surface area contributed by atoms with Gasteiger partial charge in [0.1, 0.15) is 5.75 Å². The Labute approximate surface area is 109 Å². The van der Waals surface area contributed by atoms with E-state index >= 15 is 0 Å². The van der Waals surface area contributed by atoms with Crippen molar-refractivity contribution in [2.24, 2.45) is 0 Å². The number of phenols is 1. The molecule has 0 aliphatic heterocycles. The summed E-state index contributed by atoms with van der Waals surface area (Å²) in [7, 11) is 0. The molecule has 0 unspecified atom stereocenters. The highest BCUT2D eigenvalue weighted by atomic mass is 16.3. The smallest absolute Gasteiger partial charge is 0.126 e. The van der Waals surface area contributed by atoms with Crippen molar-refractivity contribution in [1.82, 2.24) is 0 Å². The first-order valence-corrected chi connectivity index (χ1v) is 6.60. The fourth-order valence-corrected chi connectivity index (χ4v) is 2.25. The van der Waals surface area contributed by atoms with Crippen molar-refractivity contribution < 1.29 is 5.11 Å². The Morgan fingerprint density at radius 3 is 2.44 bits per heavy atom. The first-order chi connectivity index (χ1) is 8.72. The fourth-order valence-electron chi connectivity index (χ4n) is 2.25. The molecule has 18 heavy (non-hydrogen) atoms. The molecular weight excluding hydrogens is 220 g/mol. The average Bonchev–Trinajstić information content (AvgIpc) is 2.40. The van der Waals surface area contributed by atoms with E-state index < -0.39 is 0 Å². The molecule has 2 aromatic carbocycles. The quantitative estimate of drug-likeness (QED) is 0.820. The molecule has 94 valence electrons. The fraction of sp³-hybridized carbons (Fsp3) is 0.294. The zero-order valence-corrected chi connectivity index (χ0v) is 11.1. The maximum atomic E-state index is 10.4. The molecule has 1 N–H and O–H groups in total. The molecule has 0 spiro atoms. The second-order valence-electron chi connectivity index (χ2n) is 4.79. The van der Waals surface area contributed by atoms with Crippen molar-refractivity contribution in [3.63, 3.8) is 0 Å². The standard InChI is InChI=1S/C17H20O/c1-3-4-8-15-11-13(2)12-16(17(15)18)14-9-6-5-7-10-14/h5-7,9-12,18H,3-4,8H2,1-2H3. The summed E-state index contributed by atoms with van der Waals surface area (Å²) in [6, 6.07) is 14.2. The van der Waals surface area contributed by atoms with Crippen molar-refractivity contribution in [1.29, 1.82) is 0 Å². The van der Waals surface area contributed by atoms with Crippen molar-refractivity contribution in [3.8, 4) is 16.9 Å². The Morgan fingerprint density at radius 1 is 1.06 bits per heavy atom. The number of hydrogen-bond acceptors (Lipinski definition) is 1. The minimum Gasteiger partial charge on any atom is -0.507 e. The van der Waals surface area contributed by atoms with E-state index in [0.29, 0.717) is 5.75 Å². The third-order valence-electron chi connectivity index (χ3n) is 3.22. The highest BCUT2D eigenvalue weighted by molar-refractivity contribution is 5.72. The molecule has 0 bridgehead atoms. The molecule has 1 nitrogen and oxygen atoms in total. The van der Waals surface area contributed by atoms with E-state index in [4.69, 9.17) is 0 Å². The van der Waals surface area contributed by atoms with E-state index in [-0.39, 0.29) is 0 Å². The Bertz CT molecular complexity index is 515. The Kier molecular flexibility index (Phi) is 4.03. The van der Waals surface area contributed by atoms with Crippen LogP contribution in [0.3, 0.4) is 0 Å². The first-order valence-electron chi connectivity index (χ1n) is 6.60. The summed E-state index contributed by atoms with van der Waals surface area (Å²) in [5.74, 6) is 0.445. The largest absolute Gasteiger partial charge is 0.507 e. The number of unbranched alkanes of at least 4 members (excludes halogenated alkanes) is 1. The monoisotopic (exact) mass is 240 g/mol. The third kappa shape index (κ3) is 2.73. The molecule has 0 atom stereocenters. The van der Waals surface area contributed by atoms with Gasteiger partial charge in [-0.05, 0) is 42.5 Å². The molecule has 2 rings (SSSR count). The lowest BCUT2D eigenvalue weighted by Crippen LogP contribution is -1.91. The summed E-state index contributed by atoms with van der Waals surface area (Å²) < 4.78 is 0. The van der Waals surface area contributed by atoms with Crippen LogP contribution in [0.25, 0.3) is 11.1 Å². The van der Waals surface area contributed by atoms with Gasteiger partial charge in [0.15, 0.2) is 0 Å². The van der Waals surface area contributed by atoms with Crippen LogP contribution in [-0.2, 0) is 6.42 Å². The van der Waals surface area contributed by atoms with Crippen LogP contribution in [0.15, 0.2) is 42.5 Å². The number of rotatable bonds is 4. The van der Waals surface area contributed by atoms with E-state index in [1.54, 1.807) is 0 Å². The second-order valence-corrected chi connectivity index (χ2v) is 4.79. The van der Waals surface area contributed by atoms with Crippen LogP contribution >= 0.6 is 0 Å². The molecule has 0 aliphatic rings. The molecule has 0 aromatic heterocycles. The van der Waals surface area contributed by atoms with E-state index in [0.717, 1.165) is 36.0 Å². The third-order valence-corrected chi connectivity index (χ3v) is 3.22. The topological polar surface area (TPSA) is 20.2 Å². The van der Waals surface area contributed by atoms with Crippen LogP contribution in [0, 0.1) is 6.92 Å². The van der Waals surface area contributed by atoms with Crippen molar-refractivity contribution in [2.45, 2.75) is 33.1 Å². The van der Waals surface area contributed by atoms with Crippen molar-refractivity contribution in [3.05, 3.63) is 53.6 Å². The zero-order chi connectivity index (χ0) is 13.0. The van der Waals surface area contributed by atoms with Crippen molar-refractivity contribution >= 4 is 0 Å². The van der Waals surface area contributed by atoms with Gasteiger partial charge in [-0.25, -0.2) is 0 Å². The first kappa shape index (κ1) is 12.7. The summed E-state index contributed by atoms with van der Waals surface area (Å²) in [4.78, 5) is 0. The predicted octanol–water partition coefficient (Wildman–Crippen LogP) is 4.71. The second kappa shape index (κ2) is 5.72. The lowest BCUT2D eigenvalue weighted by Gasteiger charge is -2.11. The van der Waals surface area contributed by atoms with Crippen LogP contribution in [-0.4, -0.2) is 5.11 Å². The molecule has 0 heterocycles. The SMILES string of the molecule is CCCCc1cc(C)cc(-c2ccccc2)c1O. The molecular formula is C17H20O. The predicted molar refractivity (Wildman–Crippen MR) is 76.9 cm³/mol. The van der Waals surface area contributed by atoms with Crippen LogP contribution in [0.5, 0.6) is 5.75 Å². The average molecular weight is 240 g/mol. The van der Waals surface area contributed by atoms with Crippen LogP contribution in [0.4, 0.5) is 0 Å². The number of aryl methyl sites for hydroxylation is 2. The molecule has 1 heteroatoms. The van der Waals surface area contributed by atoms with Gasteiger partial charge < -0.3 is 5.11 Å². The van der Waals surface area contributed by atoms with Gasteiger partial charge in [0.05, 0.1) is 0 Å². The zero-order valence-electron chi connectivity index (χ0n) is 11.1. The van der Waals surface area contributed by atoms with E-state index in [9.17, 15) is 5.11 Å². The van der Waals surface area contributed by atoms with Gasteiger partial charge >= 0.3 is 0 Å². The maximum absolute atomic E-state index is 10.4. The van der Waals surface area contributed by atoms with Gasteiger partial charge in [-0.1, -0.05) is 49.7 Å². The molecule has 0 radical (unpaired) electrons. The molecule has 0 saturated carbocycles. The highest BCUT2D eigenvalue weighted by Crippen LogP contribution is 2.34.